The van der Waals surface area contributed by atoms with E-state index in [0.717, 1.165) is 23.0 Å². The van der Waals surface area contributed by atoms with E-state index in [-0.39, 0.29) is 24.3 Å². The zero-order valence-electron chi connectivity index (χ0n) is 16.2. The number of amides is 1. The van der Waals surface area contributed by atoms with E-state index in [1.54, 1.807) is 0 Å². The highest BCUT2D eigenvalue weighted by Crippen LogP contribution is 2.39. The van der Waals surface area contributed by atoms with Crippen LogP contribution in [0.15, 0.2) is 24.5 Å². The van der Waals surface area contributed by atoms with E-state index < -0.39 is 64.8 Å². The van der Waals surface area contributed by atoms with Crippen LogP contribution in [0.2, 0.25) is 0 Å². The molecule has 1 amide bonds. The Morgan fingerprint density at radius 1 is 1.28 bits per heavy atom. The van der Waals surface area contributed by atoms with Gasteiger partial charge in [0.2, 0.25) is 0 Å². The first kappa shape index (κ1) is 21.9. The van der Waals surface area contributed by atoms with Gasteiger partial charge in [-0.25, -0.2) is 22.7 Å². The lowest BCUT2D eigenvalue weighted by molar-refractivity contribution is -0.136. The number of nitrogens with one attached hydrogen (secondary N) is 2. The van der Waals surface area contributed by atoms with Crippen LogP contribution >= 0.6 is 0 Å². The third-order valence-electron chi connectivity index (χ3n) is 5.21. The predicted molar refractivity (Wildman–Crippen MR) is 102 cm³/mol. The van der Waals surface area contributed by atoms with E-state index in [9.17, 15) is 31.1 Å². The summed E-state index contributed by atoms with van der Waals surface area (Å²) in [4.78, 5) is 16.2. The van der Waals surface area contributed by atoms with Gasteiger partial charge in [0.15, 0.2) is 5.82 Å². The van der Waals surface area contributed by atoms with Crippen LogP contribution in [-0.2, 0) is 12.9 Å². The number of nitrogens with two attached hydrogens (primary N) is 1. The molecule has 1 aliphatic rings. The number of aromatic nitrogens is 3. The lowest BCUT2D eigenvalue weighted by Gasteiger charge is -2.16. The Morgan fingerprint density at radius 3 is 2.66 bits per heavy atom. The maximum Gasteiger partial charge on any atom is 0.418 e. The van der Waals surface area contributed by atoms with Gasteiger partial charge in [-0.15, -0.1) is 0 Å². The van der Waals surface area contributed by atoms with E-state index in [0.29, 0.717) is 6.07 Å². The van der Waals surface area contributed by atoms with Gasteiger partial charge in [-0.05, 0) is 18.2 Å². The zero-order chi connectivity index (χ0) is 23.2. The molecular formula is C19H16F6N6O. The lowest BCUT2D eigenvalue weighted by Crippen LogP contribution is -2.41. The number of alkyl halides is 5. The second kappa shape index (κ2) is 7.97. The second-order valence-corrected chi connectivity index (χ2v) is 7.22. The van der Waals surface area contributed by atoms with Crippen LogP contribution in [0.3, 0.4) is 0 Å². The molecule has 4 rings (SSSR count). The van der Waals surface area contributed by atoms with Gasteiger partial charge < -0.3 is 16.4 Å². The first-order valence-corrected chi connectivity index (χ1v) is 9.35. The van der Waals surface area contributed by atoms with Crippen molar-refractivity contribution in [2.24, 2.45) is 0 Å². The zero-order valence-corrected chi connectivity index (χ0v) is 16.2. The van der Waals surface area contributed by atoms with Gasteiger partial charge in [-0.1, -0.05) is 0 Å². The van der Waals surface area contributed by atoms with Crippen molar-refractivity contribution in [3.8, 4) is 11.3 Å². The Morgan fingerprint density at radius 2 is 2.03 bits per heavy atom. The van der Waals surface area contributed by atoms with E-state index in [1.807, 2.05) is 0 Å². The molecular weight excluding hydrogens is 442 g/mol. The van der Waals surface area contributed by atoms with Crippen LogP contribution in [0, 0.1) is 5.82 Å². The quantitative estimate of drug-likeness (QED) is 0.523. The molecule has 13 heteroatoms. The molecule has 0 radical (unpaired) electrons. The molecule has 2 aromatic heterocycles. The normalized spacial score (nSPS) is 18.9. The first-order chi connectivity index (χ1) is 15.1. The van der Waals surface area contributed by atoms with Crippen LogP contribution in [0.4, 0.5) is 32.2 Å². The molecule has 0 bridgehead atoms. The molecule has 7 nitrogen and oxygen atoms in total. The van der Waals surface area contributed by atoms with Crippen molar-refractivity contribution in [2.75, 3.05) is 18.8 Å². The maximum absolute atomic E-state index is 14.7. The van der Waals surface area contributed by atoms with Crippen LogP contribution in [0.25, 0.3) is 16.8 Å². The lowest BCUT2D eigenvalue weighted by atomic mass is 10.0. The SMILES string of the molecule is Nc1ncnn2c(-c3cc(F)c(CF)c(C(=O)N[C@@H]4CNC[C@@H]4F)c3)cc(C(F)(F)F)c12. The molecule has 0 saturated carbocycles. The summed E-state index contributed by atoms with van der Waals surface area (Å²) in [5, 5.41) is 8.85. The average Bonchev–Trinajstić information content (AvgIpc) is 3.32. The Hall–Kier alpha value is -3.35. The fourth-order valence-electron chi connectivity index (χ4n) is 3.65. The molecule has 32 heavy (non-hydrogen) atoms. The van der Waals surface area contributed by atoms with Crippen molar-refractivity contribution < 1.29 is 31.1 Å². The van der Waals surface area contributed by atoms with Crippen LogP contribution in [-0.4, -0.2) is 45.8 Å². The number of fused-ring (bicyclic) bond motifs is 1. The standard InChI is InChI=1S/C19H16F6N6O/c20-4-10-9(18(32)30-14-6-27-5-13(14)22)1-8(2-12(10)21)15-3-11(19(23,24)25)16-17(26)28-7-29-31(15)16/h1-3,7,13-14,27H,4-6H2,(H,30,32)(H2,26,28,29)/t13-,14+/m0/s1. The molecule has 3 aromatic rings. The highest BCUT2D eigenvalue weighted by Gasteiger charge is 2.37. The van der Waals surface area contributed by atoms with Gasteiger partial charge in [0.05, 0.1) is 17.3 Å². The summed E-state index contributed by atoms with van der Waals surface area (Å²) < 4.78 is 83.5. The van der Waals surface area contributed by atoms with Crippen LogP contribution < -0.4 is 16.4 Å². The highest BCUT2D eigenvalue weighted by atomic mass is 19.4. The van der Waals surface area contributed by atoms with Gasteiger partial charge in [-0.3, -0.25) is 4.79 Å². The number of rotatable bonds is 4. The fourth-order valence-corrected chi connectivity index (χ4v) is 3.65. The van der Waals surface area contributed by atoms with Crippen molar-refractivity contribution in [1.29, 1.82) is 0 Å². The molecule has 170 valence electrons. The first-order valence-electron chi connectivity index (χ1n) is 9.35. The molecule has 1 aliphatic heterocycles. The van der Waals surface area contributed by atoms with Crippen molar-refractivity contribution in [3.63, 3.8) is 0 Å². The summed E-state index contributed by atoms with van der Waals surface area (Å²) in [7, 11) is 0. The van der Waals surface area contributed by atoms with E-state index in [1.165, 1.54) is 0 Å². The monoisotopic (exact) mass is 458 g/mol. The summed E-state index contributed by atoms with van der Waals surface area (Å²) in [6, 6.07) is 1.59. The molecule has 0 spiro atoms. The summed E-state index contributed by atoms with van der Waals surface area (Å²) in [6.45, 7) is -1.23. The summed E-state index contributed by atoms with van der Waals surface area (Å²) in [5.41, 5.74) is 2.40. The van der Waals surface area contributed by atoms with E-state index in [2.05, 4.69) is 20.7 Å². The largest absolute Gasteiger partial charge is 0.418 e. The maximum atomic E-state index is 14.7. The molecule has 3 heterocycles. The number of halogens is 6. The van der Waals surface area contributed by atoms with Gasteiger partial charge in [0.1, 0.15) is 30.5 Å². The minimum absolute atomic E-state index is 0.00675. The van der Waals surface area contributed by atoms with Crippen LogP contribution in [0.5, 0.6) is 0 Å². The molecule has 1 fully saturated rings. The Balaban J connectivity index is 1.86. The number of nitrogens with zero attached hydrogens (tertiary/aromatic N) is 3. The van der Waals surface area contributed by atoms with E-state index in [4.69, 9.17) is 5.73 Å². The van der Waals surface area contributed by atoms with Crippen molar-refractivity contribution >= 4 is 17.2 Å². The summed E-state index contributed by atoms with van der Waals surface area (Å²) in [5.74, 6) is -2.57. The van der Waals surface area contributed by atoms with Crippen molar-refractivity contribution in [1.82, 2.24) is 25.2 Å². The fraction of sp³-hybridized carbons (Fsp3) is 0.316. The Kier molecular flexibility index (Phi) is 5.44. The number of hydrogen-bond donors (Lipinski definition) is 3. The second-order valence-electron chi connectivity index (χ2n) is 7.22. The smallest absolute Gasteiger partial charge is 0.382 e. The number of carbonyl (C=O) groups is 1. The Bertz CT molecular complexity index is 1190. The molecule has 1 aromatic carbocycles. The third kappa shape index (κ3) is 3.72. The summed E-state index contributed by atoms with van der Waals surface area (Å²) in [6.07, 6.45) is -5.31. The van der Waals surface area contributed by atoms with Gasteiger partial charge in [0, 0.05) is 29.8 Å². The number of hydrogen-bond acceptors (Lipinski definition) is 5. The van der Waals surface area contributed by atoms with Gasteiger partial charge in [-0.2, -0.15) is 18.3 Å². The van der Waals surface area contributed by atoms with Crippen molar-refractivity contribution in [2.45, 2.75) is 25.1 Å². The number of anilines is 1. The topological polar surface area (TPSA) is 97.3 Å². The van der Waals surface area contributed by atoms with Crippen LogP contribution in [0.1, 0.15) is 21.5 Å². The van der Waals surface area contributed by atoms with Gasteiger partial charge in [0.25, 0.3) is 5.91 Å². The minimum Gasteiger partial charge on any atom is -0.382 e. The molecule has 4 N–H and O–H groups in total. The minimum atomic E-state index is -4.83. The molecule has 0 unspecified atom stereocenters. The van der Waals surface area contributed by atoms with E-state index >= 15 is 0 Å². The number of carbonyl (C=O) groups excluding carboxylic acids is 1. The molecule has 1 saturated heterocycles. The van der Waals surface area contributed by atoms with Gasteiger partial charge >= 0.3 is 6.18 Å². The average molecular weight is 458 g/mol. The Labute approximate surface area is 176 Å². The van der Waals surface area contributed by atoms with Crippen molar-refractivity contribution in [3.05, 3.63) is 47.0 Å². The summed E-state index contributed by atoms with van der Waals surface area (Å²) >= 11 is 0. The number of nitrogen functional groups attached to an aromatic ring is 1. The third-order valence-corrected chi connectivity index (χ3v) is 5.21. The predicted octanol–water partition coefficient (Wildman–Crippen LogP) is 2.65. The number of benzene rings is 1. The molecule has 2 atom stereocenters. The molecule has 0 aliphatic carbocycles. The highest BCUT2D eigenvalue weighted by molar-refractivity contribution is 5.97.